The Bertz CT molecular complexity index is 900. The van der Waals surface area contributed by atoms with Gasteiger partial charge in [0.15, 0.2) is 6.61 Å². The largest absolute Gasteiger partial charge is 0.497 e. The van der Waals surface area contributed by atoms with E-state index in [-0.39, 0.29) is 24.5 Å². The minimum absolute atomic E-state index is 0.0126. The maximum Gasteiger partial charge on any atom is 0.260 e. The highest BCUT2D eigenvalue weighted by Crippen LogP contribution is 2.26. The van der Waals surface area contributed by atoms with E-state index >= 15 is 0 Å². The second kappa shape index (κ2) is 9.85. The summed E-state index contributed by atoms with van der Waals surface area (Å²) >= 11 is 6.17. The zero-order chi connectivity index (χ0) is 21.7. The molecule has 6 nitrogen and oxygen atoms in total. The van der Waals surface area contributed by atoms with Gasteiger partial charge in [-0.1, -0.05) is 17.7 Å². The van der Waals surface area contributed by atoms with Gasteiger partial charge in [0, 0.05) is 29.7 Å². The summed E-state index contributed by atoms with van der Waals surface area (Å²) in [6, 6.07) is 10.8. The van der Waals surface area contributed by atoms with Gasteiger partial charge in [0.1, 0.15) is 11.5 Å². The average Bonchev–Trinajstić information content (AvgIpc) is 2.76. The first-order valence-corrected chi connectivity index (χ1v) is 10.4. The van der Waals surface area contributed by atoms with Crippen LogP contribution in [0.2, 0.25) is 5.02 Å². The van der Waals surface area contributed by atoms with Gasteiger partial charge in [-0.05, 0) is 68.1 Å². The third-order valence-electron chi connectivity index (χ3n) is 5.29. The van der Waals surface area contributed by atoms with Gasteiger partial charge < -0.3 is 19.7 Å². The highest BCUT2D eigenvalue weighted by atomic mass is 35.5. The lowest BCUT2D eigenvalue weighted by molar-refractivity contribution is -0.134. The van der Waals surface area contributed by atoms with Crippen LogP contribution in [0.3, 0.4) is 0 Å². The van der Waals surface area contributed by atoms with E-state index in [0.29, 0.717) is 48.0 Å². The van der Waals surface area contributed by atoms with Crippen LogP contribution in [-0.4, -0.2) is 49.6 Å². The number of carbonyl (C=O) groups is 2. The van der Waals surface area contributed by atoms with Crippen LogP contribution in [0, 0.1) is 13.8 Å². The van der Waals surface area contributed by atoms with E-state index in [4.69, 9.17) is 21.1 Å². The molecule has 1 aliphatic heterocycles. The Morgan fingerprint density at radius 3 is 2.40 bits per heavy atom. The molecule has 1 fully saturated rings. The van der Waals surface area contributed by atoms with Crippen molar-refractivity contribution in [1.82, 2.24) is 10.2 Å². The molecule has 3 rings (SSSR count). The number of methoxy groups -OCH3 is 1. The first-order chi connectivity index (χ1) is 14.4. The molecule has 0 radical (unpaired) electrons. The topological polar surface area (TPSA) is 67.9 Å². The number of ether oxygens (including phenoxy) is 2. The number of piperidine rings is 1. The smallest absolute Gasteiger partial charge is 0.260 e. The van der Waals surface area contributed by atoms with E-state index in [0.717, 1.165) is 11.1 Å². The number of amides is 2. The first kappa shape index (κ1) is 22.0. The van der Waals surface area contributed by atoms with Gasteiger partial charge in [-0.2, -0.15) is 0 Å². The number of rotatable bonds is 6. The van der Waals surface area contributed by atoms with Crippen molar-refractivity contribution in [2.75, 3.05) is 26.8 Å². The molecule has 0 aliphatic carbocycles. The second-order valence-electron chi connectivity index (χ2n) is 7.52. The third-order valence-corrected chi connectivity index (χ3v) is 5.88. The third kappa shape index (κ3) is 5.45. The van der Waals surface area contributed by atoms with Crippen molar-refractivity contribution in [1.29, 1.82) is 0 Å². The lowest BCUT2D eigenvalue weighted by Gasteiger charge is -2.32. The zero-order valence-corrected chi connectivity index (χ0v) is 18.3. The molecule has 0 bridgehead atoms. The molecule has 1 saturated heterocycles. The average molecular weight is 431 g/mol. The van der Waals surface area contributed by atoms with Crippen LogP contribution in [0.4, 0.5) is 0 Å². The van der Waals surface area contributed by atoms with E-state index in [9.17, 15) is 9.59 Å². The predicted octanol–water partition coefficient (Wildman–Crippen LogP) is 3.77. The summed E-state index contributed by atoms with van der Waals surface area (Å²) in [7, 11) is 1.57. The van der Waals surface area contributed by atoms with Crippen LogP contribution in [0.5, 0.6) is 11.5 Å². The van der Waals surface area contributed by atoms with Crippen LogP contribution in [0.25, 0.3) is 0 Å². The molecule has 0 unspecified atom stereocenters. The number of carbonyl (C=O) groups excluding carboxylic acids is 2. The van der Waals surface area contributed by atoms with E-state index < -0.39 is 0 Å². The summed E-state index contributed by atoms with van der Waals surface area (Å²) in [5.74, 6) is 1.10. The molecule has 0 aromatic heterocycles. The van der Waals surface area contributed by atoms with E-state index in [1.807, 2.05) is 26.0 Å². The summed E-state index contributed by atoms with van der Waals surface area (Å²) in [5.41, 5.74) is 2.41. The van der Waals surface area contributed by atoms with Crippen LogP contribution in [0.1, 0.15) is 34.3 Å². The van der Waals surface area contributed by atoms with E-state index in [1.165, 1.54) is 0 Å². The lowest BCUT2D eigenvalue weighted by atomic mass is 10.0. The van der Waals surface area contributed by atoms with Gasteiger partial charge in [-0.25, -0.2) is 0 Å². The number of aryl methyl sites for hydroxylation is 2. The minimum Gasteiger partial charge on any atom is -0.497 e. The van der Waals surface area contributed by atoms with Crippen LogP contribution in [0.15, 0.2) is 36.4 Å². The molecule has 0 atom stereocenters. The minimum atomic E-state index is -0.129. The Kier molecular flexibility index (Phi) is 7.21. The lowest BCUT2D eigenvalue weighted by Crippen LogP contribution is -2.47. The summed E-state index contributed by atoms with van der Waals surface area (Å²) < 4.78 is 10.8. The van der Waals surface area contributed by atoms with Gasteiger partial charge in [0.2, 0.25) is 0 Å². The van der Waals surface area contributed by atoms with Gasteiger partial charge >= 0.3 is 0 Å². The van der Waals surface area contributed by atoms with Crippen molar-refractivity contribution < 1.29 is 19.1 Å². The standard InChI is InChI=1S/C23H27ClN2O4/c1-15-11-20(12-16(2)22(15)24)30-14-21(27)26-9-7-18(8-10-26)25-23(28)17-5-4-6-19(13-17)29-3/h4-6,11-13,18H,7-10,14H2,1-3H3,(H,25,28). The maximum absolute atomic E-state index is 12.5. The SMILES string of the molecule is COc1cccc(C(=O)NC2CCN(C(=O)COc3cc(C)c(Cl)c(C)c3)CC2)c1. The monoisotopic (exact) mass is 430 g/mol. The zero-order valence-electron chi connectivity index (χ0n) is 17.5. The van der Waals surface area contributed by atoms with Gasteiger partial charge in [-0.15, -0.1) is 0 Å². The molecule has 0 spiro atoms. The number of likely N-dealkylation sites (tertiary alicyclic amines) is 1. The Balaban J connectivity index is 1.46. The summed E-state index contributed by atoms with van der Waals surface area (Å²) in [6.07, 6.45) is 1.42. The molecule has 1 aliphatic rings. The number of hydrogen-bond acceptors (Lipinski definition) is 4. The molecular weight excluding hydrogens is 404 g/mol. The molecule has 30 heavy (non-hydrogen) atoms. The number of halogens is 1. The van der Waals surface area contributed by atoms with Gasteiger partial charge in [0.05, 0.1) is 7.11 Å². The van der Waals surface area contributed by atoms with Crippen molar-refractivity contribution in [2.24, 2.45) is 0 Å². The van der Waals surface area contributed by atoms with Crippen molar-refractivity contribution in [3.63, 3.8) is 0 Å². The fourth-order valence-electron chi connectivity index (χ4n) is 3.53. The molecule has 7 heteroatoms. The van der Waals surface area contributed by atoms with Crippen molar-refractivity contribution in [2.45, 2.75) is 32.7 Å². The molecule has 2 aromatic carbocycles. The summed E-state index contributed by atoms with van der Waals surface area (Å²) in [4.78, 5) is 26.7. The molecular formula is C23H27ClN2O4. The fourth-order valence-corrected chi connectivity index (χ4v) is 3.64. The molecule has 1 heterocycles. The van der Waals surface area contributed by atoms with Crippen LogP contribution >= 0.6 is 11.6 Å². The molecule has 0 saturated carbocycles. The van der Waals surface area contributed by atoms with Crippen molar-refractivity contribution in [3.05, 3.63) is 58.1 Å². The fraction of sp³-hybridized carbons (Fsp3) is 0.391. The van der Waals surface area contributed by atoms with Gasteiger partial charge in [0.25, 0.3) is 11.8 Å². The van der Waals surface area contributed by atoms with Crippen molar-refractivity contribution in [3.8, 4) is 11.5 Å². The molecule has 160 valence electrons. The molecule has 1 N–H and O–H groups in total. The first-order valence-electron chi connectivity index (χ1n) is 9.99. The summed E-state index contributed by atoms with van der Waals surface area (Å²) in [6.45, 7) is 4.98. The second-order valence-corrected chi connectivity index (χ2v) is 7.90. The number of hydrogen-bond donors (Lipinski definition) is 1. The maximum atomic E-state index is 12.5. The van der Waals surface area contributed by atoms with Gasteiger partial charge in [-0.3, -0.25) is 9.59 Å². The Morgan fingerprint density at radius 2 is 1.77 bits per heavy atom. The Labute approximate surface area is 182 Å². The van der Waals surface area contributed by atoms with Crippen molar-refractivity contribution >= 4 is 23.4 Å². The molecule has 2 amide bonds. The van der Waals surface area contributed by atoms with Crippen LogP contribution in [-0.2, 0) is 4.79 Å². The number of nitrogens with zero attached hydrogens (tertiary/aromatic N) is 1. The number of benzene rings is 2. The predicted molar refractivity (Wildman–Crippen MR) is 116 cm³/mol. The quantitative estimate of drug-likeness (QED) is 0.757. The van der Waals surface area contributed by atoms with E-state index in [2.05, 4.69) is 5.32 Å². The number of nitrogens with one attached hydrogen (secondary N) is 1. The normalized spacial score (nSPS) is 14.3. The Hall–Kier alpha value is -2.73. The highest BCUT2D eigenvalue weighted by molar-refractivity contribution is 6.32. The highest BCUT2D eigenvalue weighted by Gasteiger charge is 2.24. The van der Waals surface area contributed by atoms with Crippen LogP contribution < -0.4 is 14.8 Å². The molecule has 2 aromatic rings. The van der Waals surface area contributed by atoms with E-state index in [1.54, 1.807) is 36.3 Å². The Morgan fingerprint density at radius 1 is 1.10 bits per heavy atom. The summed E-state index contributed by atoms with van der Waals surface area (Å²) in [5, 5.41) is 3.76.